The first kappa shape index (κ1) is 74.0. The second-order valence-corrected chi connectivity index (χ2v) is 26.6. The molecule has 11 atom stereocenters. The molecule has 0 fully saturated rings. The van der Waals surface area contributed by atoms with Crippen LogP contribution in [0.3, 0.4) is 0 Å². The van der Waals surface area contributed by atoms with Crippen LogP contribution in [0.25, 0.3) is 0 Å². The molecule has 0 aromatic rings. The van der Waals surface area contributed by atoms with Crippen molar-refractivity contribution < 1.29 is 172 Å². The van der Waals surface area contributed by atoms with E-state index in [4.69, 9.17) is 28.5 Å². The van der Waals surface area contributed by atoms with Gasteiger partial charge in [-0.15, -0.1) is 0 Å². The van der Waals surface area contributed by atoms with Crippen molar-refractivity contribution in [2.75, 3.05) is 119 Å². The second-order valence-electron chi connectivity index (χ2n) is 13.7. The van der Waals surface area contributed by atoms with Gasteiger partial charge < -0.3 is 54.0 Å². The molecule has 0 aromatic heterocycles. The molecule has 0 heterocycles. The fourth-order valence-electron chi connectivity index (χ4n) is 4.00. The van der Waals surface area contributed by atoms with Crippen LogP contribution in [0.15, 0.2) is 0 Å². The Hall–Kier alpha value is 0.950. The van der Waals surface area contributed by atoms with Gasteiger partial charge in [0.2, 0.25) is 0 Å². The minimum Gasteiger partial charge on any atom is -0.396 e. The van der Waals surface area contributed by atoms with Crippen LogP contribution in [-0.4, -0.2) is 173 Å². The normalized spacial score (nSPS) is 20.5. The van der Waals surface area contributed by atoms with Crippen molar-refractivity contribution in [2.24, 2.45) is 17.8 Å². The third-order valence-electron chi connectivity index (χ3n) is 7.92. The maximum atomic E-state index is 12.3. The van der Waals surface area contributed by atoms with Gasteiger partial charge in [-0.2, -0.15) is 0 Å². The van der Waals surface area contributed by atoms with Crippen molar-refractivity contribution in [3.05, 3.63) is 0 Å². The Bertz CT molecular complexity index is 1980. The fraction of sp³-hybridized carbons (Fsp3) is 1.00. The summed E-state index contributed by atoms with van der Waals surface area (Å²) in [6, 6.07) is 0. The summed E-state index contributed by atoms with van der Waals surface area (Å²) in [5, 5.41) is 9.09. The van der Waals surface area contributed by atoms with Gasteiger partial charge in [-0.3, -0.25) is 76.9 Å². The Morgan fingerprint density at radius 2 is 0.411 bits per heavy atom. The average molecular weight is 1260 g/mol. The zero-order chi connectivity index (χ0) is 56.1. The van der Waals surface area contributed by atoms with Gasteiger partial charge in [-0.05, 0) is 19.3 Å². The van der Waals surface area contributed by atoms with Crippen molar-refractivity contribution in [1.29, 1.82) is 0 Å². The van der Waals surface area contributed by atoms with Gasteiger partial charge in [-0.25, -0.2) is 41.1 Å². The largest absolute Gasteiger partial charge is 0.472 e. The molecule has 0 saturated carbocycles. The van der Waals surface area contributed by atoms with Crippen LogP contribution in [-0.2, 0) is 118 Å². The number of aliphatic hydroxyl groups is 1. The van der Waals surface area contributed by atoms with Crippen LogP contribution in [0.1, 0.15) is 40.0 Å². The van der Waals surface area contributed by atoms with Gasteiger partial charge in [-0.1, -0.05) is 20.8 Å². The van der Waals surface area contributed by atoms with E-state index in [1.54, 1.807) is 13.8 Å². The molecule has 0 saturated heterocycles. The van der Waals surface area contributed by atoms with E-state index in [9.17, 15) is 80.2 Å². The third kappa shape index (κ3) is 42.5. The number of aliphatic hydroxyl groups excluding tert-OH is 1. The van der Waals surface area contributed by atoms with Gasteiger partial charge in [0, 0.05) is 24.4 Å². The van der Waals surface area contributed by atoms with Gasteiger partial charge in [0.25, 0.3) is 0 Å². The highest BCUT2D eigenvalue weighted by molar-refractivity contribution is 7.49. The molecular weight excluding hydrogens is 1200 g/mol. The Kier molecular flexibility index (Phi) is 36.8. The molecule has 0 amide bonds. The summed E-state index contributed by atoms with van der Waals surface area (Å²) in [5.41, 5.74) is 0. The Balaban J connectivity index is 4.40. The highest BCUT2D eigenvalue weighted by Gasteiger charge is 2.31. The predicted octanol–water partition coefficient (Wildman–Crippen LogP) is 3.24. The molecule has 0 aromatic carbocycles. The first-order chi connectivity index (χ1) is 33.5. The molecule has 37 nitrogen and oxygen atoms in total. The lowest BCUT2D eigenvalue weighted by atomic mass is 10.1. The lowest BCUT2D eigenvalue weighted by molar-refractivity contribution is 0.0673. The standard InChI is InChI=1S/C27H65O37P9/c1-4-25(19-28)20-61-70(40,41)56-15-11-52-66(32,33)48-7-8-50-68(36,37)54-13-17-58-72(44,45)63-23-27(6-3)24-64-73(46,47)59-18-14-55-69(38,39)51-10-9-49-67(34,35)53-12-16-57-71(42,43)62-22-26(5-2)21-60-65(29,30)31/h25-28H,4-24H2,1-3H3,(H,32,33)(H,34,35)(H,36,37)(H,38,39)(H,40,41)(H,42,43)(H,44,45)(H,46,47)(H2,29,30,31). The fourth-order valence-corrected chi connectivity index (χ4v) is 10.3. The maximum Gasteiger partial charge on any atom is 0.472 e. The molecule has 0 rings (SSSR count). The van der Waals surface area contributed by atoms with Gasteiger partial charge in [0.1, 0.15) is 0 Å². The van der Waals surface area contributed by atoms with E-state index in [0.29, 0.717) is 6.42 Å². The van der Waals surface area contributed by atoms with Crippen molar-refractivity contribution in [2.45, 2.75) is 40.0 Å². The molecular formula is C27H65O37P9. The number of rotatable bonds is 49. The molecule has 440 valence electrons. The molecule has 0 spiro atoms. The summed E-state index contributed by atoms with van der Waals surface area (Å²) in [4.78, 5) is 95.5. The summed E-state index contributed by atoms with van der Waals surface area (Å²) in [6.45, 7) is -7.75. The molecule has 0 bridgehead atoms. The van der Waals surface area contributed by atoms with E-state index in [1.165, 1.54) is 6.92 Å². The molecule has 11 unspecified atom stereocenters. The van der Waals surface area contributed by atoms with Crippen molar-refractivity contribution in [3.8, 4) is 0 Å². The highest BCUT2D eigenvalue weighted by Crippen LogP contribution is 2.51. The van der Waals surface area contributed by atoms with Crippen molar-refractivity contribution >= 4 is 70.4 Å². The van der Waals surface area contributed by atoms with Gasteiger partial charge in [0.05, 0.1) is 112 Å². The molecule has 46 heteroatoms. The summed E-state index contributed by atoms with van der Waals surface area (Å²) in [5.74, 6) is -1.99. The predicted molar refractivity (Wildman–Crippen MR) is 240 cm³/mol. The SMILES string of the molecule is CCC(CO)COP(=O)(O)OCCOP(=O)(O)OCCOP(=O)(O)OCCOP(=O)(O)OCC(CC)COP(=O)(O)OCCOP(=O)(O)OCCOP(=O)(O)OCCOP(=O)(O)OCC(CC)COP(=O)(O)O. The van der Waals surface area contributed by atoms with E-state index in [-0.39, 0.29) is 26.1 Å². The number of phosphoric ester groups is 9. The maximum absolute atomic E-state index is 12.3. The summed E-state index contributed by atoms with van der Waals surface area (Å²) < 4.78 is 185. The quantitative estimate of drug-likeness (QED) is 0.0308. The highest BCUT2D eigenvalue weighted by atomic mass is 31.2. The topological polar surface area (TPSA) is 533 Å². The number of hydrogen-bond donors (Lipinski definition) is 11. The van der Waals surface area contributed by atoms with E-state index < -0.39 is 194 Å². The molecule has 73 heavy (non-hydrogen) atoms. The first-order valence-corrected chi connectivity index (χ1v) is 34.3. The Labute approximate surface area is 418 Å². The van der Waals surface area contributed by atoms with Crippen LogP contribution in [0.4, 0.5) is 0 Å². The Morgan fingerprint density at radius 3 is 0.562 bits per heavy atom. The monoisotopic (exact) mass is 1260 g/mol. The smallest absolute Gasteiger partial charge is 0.396 e. The van der Waals surface area contributed by atoms with Crippen LogP contribution in [0, 0.1) is 17.8 Å². The van der Waals surface area contributed by atoms with Crippen LogP contribution >= 0.6 is 70.4 Å². The average Bonchev–Trinajstić information content (AvgIpc) is 3.27. The lowest BCUT2D eigenvalue weighted by Crippen LogP contribution is -2.16. The van der Waals surface area contributed by atoms with E-state index in [1.807, 2.05) is 0 Å². The van der Waals surface area contributed by atoms with Crippen LogP contribution < -0.4 is 0 Å². The lowest BCUT2D eigenvalue weighted by Gasteiger charge is -2.20. The molecule has 0 aliphatic rings. The summed E-state index contributed by atoms with van der Waals surface area (Å²) in [7, 11) is -43.4. The molecule has 0 radical (unpaired) electrons. The molecule has 0 aliphatic carbocycles. The minimum absolute atomic E-state index is 0.121. The summed E-state index contributed by atoms with van der Waals surface area (Å²) >= 11 is 0. The van der Waals surface area contributed by atoms with Crippen molar-refractivity contribution in [3.63, 3.8) is 0 Å². The number of hydrogen-bond acceptors (Lipinski definition) is 27. The second kappa shape index (κ2) is 36.3. The van der Waals surface area contributed by atoms with E-state index in [2.05, 4.69) is 63.3 Å². The zero-order valence-electron chi connectivity index (χ0n) is 39.1. The van der Waals surface area contributed by atoms with Gasteiger partial charge >= 0.3 is 70.4 Å². The molecule has 11 N–H and O–H groups in total. The van der Waals surface area contributed by atoms with Crippen molar-refractivity contribution in [1.82, 2.24) is 0 Å². The van der Waals surface area contributed by atoms with Gasteiger partial charge in [0.15, 0.2) is 0 Å². The van der Waals surface area contributed by atoms with E-state index in [0.717, 1.165) is 0 Å². The van der Waals surface area contributed by atoms with Crippen LogP contribution in [0.2, 0.25) is 0 Å². The zero-order valence-corrected chi connectivity index (χ0v) is 47.2. The summed E-state index contributed by atoms with van der Waals surface area (Å²) in [6.07, 6.45) is 0.800. The number of phosphoric acid groups is 9. The first-order valence-electron chi connectivity index (χ1n) is 20.8. The van der Waals surface area contributed by atoms with E-state index >= 15 is 0 Å². The van der Waals surface area contributed by atoms with Crippen LogP contribution in [0.5, 0.6) is 0 Å². The third-order valence-corrected chi connectivity index (χ3v) is 16.4. The Morgan fingerprint density at radius 1 is 0.260 bits per heavy atom. The molecule has 0 aliphatic heterocycles. The minimum atomic E-state index is -4.92.